The molecular weight excluding hydrogens is 198 g/mol. The highest BCUT2D eigenvalue weighted by Crippen LogP contribution is 2.27. The molecule has 0 aliphatic carbocycles. The van der Waals surface area contributed by atoms with E-state index in [4.69, 9.17) is 0 Å². The predicted octanol–water partition coefficient (Wildman–Crippen LogP) is 1.13. The molecular formula is C13H25N3. The second-order valence-corrected chi connectivity index (χ2v) is 5.32. The van der Waals surface area contributed by atoms with Gasteiger partial charge in [0.1, 0.15) is 0 Å². The minimum atomic E-state index is 0.448. The van der Waals surface area contributed by atoms with Gasteiger partial charge in [-0.05, 0) is 45.8 Å². The molecule has 2 atom stereocenters. The highest BCUT2D eigenvalue weighted by atomic mass is 15.3. The van der Waals surface area contributed by atoms with Crippen molar-refractivity contribution in [3.8, 4) is 0 Å². The Morgan fingerprint density at radius 2 is 2.19 bits per heavy atom. The quantitative estimate of drug-likeness (QED) is 0.557. The van der Waals surface area contributed by atoms with Crippen molar-refractivity contribution in [3.05, 3.63) is 12.7 Å². The summed E-state index contributed by atoms with van der Waals surface area (Å²) in [6.07, 6.45) is 5.18. The molecule has 0 amide bonds. The first kappa shape index (κ1) is 12.1. The van der Waals surface area contributed by atoms with Gasteiger partial charge < -0.3 is 4.90 Å². The minimum Gasteiger partial charge on any atom is -0.302 e. The van der Waals surface area contributed by atoms with E-state index in [1.54, 1.807) is 0 Å². The molecule has 1 N–H and O–H groups in total. The number of nitrogens with zero attached hydrogens (tertiary/aromatic N) is 2. The van der Waals surface area contributed by atoms with E-state index in [0.717, 1.165) is 12.5 Å². The van der Waals surface area contributed by atoms with E-state index in [2.05, 4.69) is 35.7 Å². The first-order chi connectivity index (χ1) is 7.70. The van der Waals surface area contributed by atoms with Crippen LogP contribution in [0.4, 0.5) is 0 Å². The van der Waals surface area contributed by atoms with Gasteiger partial charge in [0.25, 0.3) is 0 Å². The monoisotopic (exact) mass is 223 g/mol. The molecule has 3 fully saturated rings. The Morgan fingerprint density at radius 3 is 2.69 bits per heavy atom. The molecule has 2 unspecified atom stereocenters. The molecule has 0 spiro atoms. The third-order valence-corrected chi connectivity index (χ3v) is 4.19. The van der Waals surface area contributed by atoms with Crippen LogP contribution in [0.3, 0.4) is 0 Å². The maximum atomic E-state index is 3.79. The van der Waals surface area contributed by atoms with Crippen molar-refractivity contribution in [2.75, 3.05) is 33.2 Å². The third kappa shape index (κ3) is 2.65. The van der Waals surface area contributed by atoms with Crippen LogP contribution in [0.5, 0.6) is 0 Å². The standard InChI is InChI=1S/C13H25N3/c1-4-7-15(3)11(2)14-13-10-16-8-5-12(13)6-9-16/h4,11-14H,1,5-10H2,2-3H3. The second kappa shape index (κ2) is 5.30. The van der Waals surface area contributed by atoms with E-state index in [1.807, 2.05) is 6.08 Å². The van der Waals surface area contributed by atoms with Gasteiger partial charge in [-0.3, -0.25) is 10.2 Å². The van der Waals surface area contributed by atoms with Crippen LogP contribution in [-0.2, 0) is 0 Å². The first-order valence-electron chi connectivity index (χ1n) is 6.50. The van der Waals surface area contributed by atoms with Crippen molar-refractivity contribution in [2.24, 2.45) is 5.92 Å². The summed E-state index contributed by atoms with van der Waals surface area (Å²) in [6.45, 7) is 10.9. The summed E-state index contributed by atoms with van der Waals surface area (Å²) < 4.78 is 0. The van der Waals surface area contributed by atoms with E-state index in [-0.39, 0.29) is 0 Å². The van der Waals surface area contributed by atoms with Crippen molar-refractivity contribution in [2.45, 2.75) is 32.0 Å². The van der Waals surface area contributed by atoms with E-state index in [0.29, 0.717) is 12.2 Å². The highest BCUT2D eigenvalue weighted by molar-refractivity contribution is 4.92. The van der Waals surface area contributed by atoms with Crippen molar-refractivity contribution in [1.29, 1.82) is 0 Å². The Kier molecular flexibility index (Phi) is 4.00. The molecule has 0 saturated carbocycles. The maximum Gasteiger partial charge on any atom is 0.0570 e. The number of likely N-dealkylation sites (N-methyl/N-ethyl adjacent to an activating group) is 1. The summed E-state index contributed by atoms with van der Waals surface area (Å²) in [4.78, 5) is 4.91. The van der Waals surface area contributed by atoms with Crippen LogP contribution in [0.25, 0.3) is 0 Å². The molecule has 3 heterocycles. The predicted molar refractivity (Wildman–Crippen MR) is 68.4 cm³/mol. The third-order valence-electron chi connectivity index (χ3n) is 4.19. The van der Waals surface area contributed by atoms with Gasteiger partial charge in [0.15, 0.2) is 0 Å². The largest absolute Gasteiger partial charge is 0.302 e. The number of rotatable bonds is 5. The zero-order valence-electron chi connectivity index (χ0n) is 10.7. The summed E-state index contributed by atoms with van der Waals surface area (Å²) in [6, 6.07) is 0.699. The van der Waals surface area contributed by atoms with E-state index < -0.39 is 0 Å². The molecule has 92 valence electrons. The average Bonchev–Trinajstić information content (AvgIpc) is 2.31. The Morgan fingerprint density at radius 1 is 1.50 bits per heavy atom. The average molecular weight is 223 g/mol. The maximum absolute atomic E-state index is 3.79. The van der Waals surface area contributed by atoms with Gasteiger partial charge in [-0.2, -0.15) is 0 Å². The lowest BCUT2D eigenvalue weighted by Gasteiger charge is -2.46. The molecule has 0 aromatic rings. The summed E-state index contributed by atoms with van der Waals surface area (Å²) in [5.41, 5.74) is 0. The van der Waals surface area contributed by atoms with Gasteiger partial charge in [-0.25, -0.2) is 0 Å². The van der Waals surface area contributed by atoms with Crippen LogP contribution in [0.15, 0.2) is 12.7 Å². The topological polar surface area (TPSA) is 18.5 Å². The minimum absolute atomic E-state index is 0.448. The Bertz CT molecular complexity index is 233. The molecule has 3 nitrogen and oxygen atoms in total. The number of fused-ring (bicyclic) bond motifs is 3. The summed E-state index contributed by atoms with van der Waals surface area (Å²) in [5, 5.41) is 3.77. The van der Waals surface area contributed by atoms with Crippen LogP contribution >= 0.6 is 0 Å². The summed E-state index contributed by atoms with van der Waals surface area (Å²) in [5.74, 6) is 0.907. The molecule has 0 radical (unpaired) electrons. The lowest BCUT2D eigenvalue weighted by atomic mass is 9.84. The van der Waals surface area contributed by atoms with Crippen molar-refractivity contribution in [3.63, 3.8) is 0 Å². The van der Waals surface area contributed by atoms with Crippen LogP contribution in [0.1, 0.15) is 19.8 Å². The van der Waals surface area contributed by atoms with Gasteiger partial charge in [0, 0.05) is 19.1 Å². The van der Waals surface area contributed by atoms with Crippen molar-refractivity contribution in [1.82, 2.24) is 15.1 Å². The van der Waals surface area contributed by atoms with Crippen LogP contribution in [-0.4, -0.2) is 55.2 Å². The van der Waals surface area contributed by atoms with Gasteiger partial charge in [0.2, 0.25) is 0 Å². The summed E-state index contributed by atoms with van der Waals surface area (Å²) >= 11 is 0. The molecule has 3 aliphatic rings. The lowest BCUT2D eigenvalue weighted by molar-refractivity contribution is 0.0543. The van der Waals surface area contributed by atoms with Crippen molar-refractivity contribution >= 4 is 0 Å². The van der Waals surface area contributed by atoms with Crippen LogP contribution < -0.4 is 5.32 Å². The van der Waals surface area contributed by atoms with Crippen molar-refractivity contribution < 1.29 is 0 Å². The molecule has 0 aromatic heterocycles. The SMILES string of the molecule is C=CCN(C)C(C)NC1CN2CCC1CC2. The van der Waals surface area contributed by atoms with Gasteiger partial charge in [-0.15, -0.1) is 6.58 Å². The smallest absolute Gasteiger partial charge is 0.0570 e. The number of hydrogen-bond donors (Lipinski definition) is 1. The Labute approximate surface area is 99.5 Å². The van der Waals surface area contributed by atoms with E-state index in [1.165, 1.54) is 32.5 Å². The highest BCUT2D eigenvalue weighted by Gasteiger charge is 2.34. The Hall–Kier alpha value is -0.380. The number of nitrogens with one attached hydrogen (secondary N) is 1. The normalized spacial score (nSPS) is 35.3. The summed E-state index contributed by atoms with van der Waals surface area (Å²) in [7, 11) is 2.15. The zero-order chi connectivity index (χ0) is 11.5. The Balaban J connectivity index is 1.82. The molecule has 3 rings (SSSR count). The molecule has 3 saturated heterocycles. The number of hydrogen-bond acceptors (Lipinski definition) is 3. The zero-order valence-corrected chi connectivity index (χ0v) is 10.7. The van der Waals surface area contributed by atoms with Gasteiger partial charge >= 0.3 is 0 Å². The van der Waals surface area contributed by atoms with E-state index in [9.17, 15) is 0 Å². The molecule has 3 aliphatic heterocycles. The molecule has 2 bridgehead atoms. The molecule has 16 heavy (non-hydrogen) atoms. The fourth-order valence-electron chi connectivity index (χ4n) is 2.95. The van der Waals surface area contributed by atoms with Crippen LogP contribution in [0, 0.1) is 5.92 Å². The molecule has 3 heteroatoms. The fraction of sp³-hybridized carbons (Fsp3) is 0.846. The lowest BCUT2D eigenvalue weighted by Crippen LogP contribution is -2.59. The first-order valence-corrected chi connectivity index (χ1v) is 6.50. The van der Waals surface area contributed by atoms with Gasteiger partial charge in [0.05, 0.1) is 6.17 Å². The van der Waals surface area contributed by atoms with E-state index >= 15 is 0 Å². The fourth-order valence-corrected chi connectivity index (χ4v) is 2.95. The van der Waals surface area contributed by atoms with Gasteiger partial charge in [-0.1, -0.05) is 6.08 Å². The second-order valence-electron chi connectivity index (χ2n) is 5.32. The van der Waals surface area contributed by atoms with Crippen LogP contribution in [0.2, 0.25) is 0 Å². The number of piperidine rings is 3. The molecule has 0 aromatic carbocycles.